The number of nitrogens with one attached hydrogen (secondary N) is 1. The topological polar surface area (TPSA) is 153 Å². The fourth-order valence-electron chi connectivity index (χ4n) is 3.25. The van der Waals surface area contributed by atoms with Gasteiger partial charge in [-0.25, -0.2) is 0 Å². The second kappa shape index (κ2) is 7.25. The highest BCUT2D eigenvalue weighted by Crippen LogP contribution is 2.39. The smallest absolute Gasteiger partial charge is 0.267 e. The maximum atomic E-state index is 13.0. The Morgan fingerprint density at radius 2 is 1.58 bits per heavy atom. The van der Waals surface area contributed by atoms with Crippen molar-refractivity contribution in [1.29, 1.82) is 0 Å². The molecule has 3 aromatic carbocycles. The molecule has 0 spiro atoms. The number of nitro groups is 2. The van der Waals surface area contributed by atoms with Crippen LogP contribution in [0.15, 0.2) is 53.0 Å². The Kier molecular flexibility index (Phi) is 4.70. The molecule has 0 aliphatic carbocycles. The summed E-state index contributed by atoms with van der Waals surface area (Å²) in [5.74, 6) is -2.63. The summed E-state index contributed by atoms with van der Waals surface area (Å²) in [7, 11) is 0. The van der Waals surface area contributed by atoms with Crippen LogP contribution in [0.1, 0.15) is 31.1 Å². The molecule has 0 atom stereocenters. The minimum absolute atomic E-state index is 0.0306. The average molecular weight is 485 g/mol. The van der Waals surface area contributed by atoms with Crippen LogP contribution < -0.4 is 5.43 Å². The number of non-ortho nitro benzene ring substituents is 1. The molecule has 0 saturated heterocycles. The van der Waals surface area contributed by atoms with Crippen molar-refractivity contribution < 1.29 is 24.2 Å². The van der Waals surface area contributed by atoms with E-state index in [1.54, 1.807) is 0 Å². The summed E-state index contributed by atoms with van der Waals surface area (Å²) in [6.45, 7) is 0. The van der Waals surface area contributed by atoms with Crippen LogP contribution in [-0.4, -0.2) is 32.6 Å². The Hall–Kier alpha value is -4.19. The van der Waals surface area contributed by atoms with E-state index in [0.717, 1.165) is 18.2 Å². The highest BCUT2D eigenvalue weighted by atomic mass is 79.9. The van der Waals surface area contributed by atoms with Gasteiger partial charge in [-0.3, -0.25) is 40.0 Å². The molecular formula is C19H9BrN4O7. The Balaban J connectivity index is 1.76. The Morgan fingerprint density at radius 1 is 0.935 bits per heavy atom. The van der Waals surface area contributed by atoms with Crippen LogP contribution >= 0.6 is 15.9 Å². The van der Waals surface area contributed by atoms with Crippen LogP contribution in [0.5, 0.6) is 0 Å². The third-order valence-corrected chi connectivity index (χ3v) is 5.53. The Morgan fingerprint density at radius 3 is 2.19 bits per heavy atom. The van der Waals surface area contributed by atoms with Crippen molar-refractivity contribution in [2.45, 2.75) is 0 Å². The minimum Gasteiger partial charge on any atom is -0.267 e. The number of nitro benzene ring substituents is 2. The molecule has 1 heterocycles. The highest BCUT2D eigenvalue weighted by molar-refractivity contribution is 9.10. The van der Waals surface area contributed by atoms with Gasteiger partial charge in [-0.05, 0) is 34.1 Å². The van der Waals surface area contributed by atoms with Gasteiger partial charge >= 0.3 is 0 Å². The average Bonchev–Trinajstić information content (AvgIpc) is 2.75. The van der Waals surface area contributed by atoms with E-state index >= 15 is 0 Å². The maximum Gasteiger partial charge on any atom is 0.284 e. The predicted octanol–water partition coefficient (Wildman–Crippen LogP) is 3.36. The van der Waals surface area contributed by atoms with Gasteiger partial charge in [-0.15, -0.1) is 0 Å². The largest absolute Gasteiger partial charge is 0.284 e. The second-order valence-corrected chi connectivity index (χ2v) is 7.23. The summed E-state index contributed by atoms with van der Waals surface area (Å²) in [5, 5.41) is 23.2. The number of amides is 3. The van der Waals surface area contributed by atoms with Gasteiger partial charge in [0.15, 0.2) is 0 Å². The molecule has 1 aliphatic rings. The summed E-state index contributed by atoms with van der Waals surface area (Å²) < 4.78 is 0.127. The Bertz CT molecular complexity index is 1340. The molecule has 12 heteroatoms. The van der Waals surface area contributed by atoms with E-state index in [4.69, 9.17) is 0 Å². The molecule has 0 aromatic heterocycles. The van der Waals surface area contributed by atoms with Crippen LogP contribution in [0.3, 0.4) is 0 Å². The fourth-order valence-corrected chi connectivity index (χ4v) is 3.84. The van der Waals surface area contributed by atoms with Crippen molar-refractivity contribution >= 4 is 55.8 Å². The first kappa shape index (κ1) is 20.1. The van der Waals surface area contributed by atoms with Gasteiger partial charge < -0.3 is 0 Å². The van der Waals surface area contributed by atoms with Gasteiger partial charge in [0.25, 0.3) is 29.1 Å². The van der Waals surface area contributed by atoms with E-state index in [-0.39, 0.29) is 37.9 Å². The lowest BCUT2D eigenvalue weighted by Gasteiger charge is -2.27. The molecule has 31 heavy (non-hydrogen) atoms. The lowest BCUT2D eigenvalue weighted by Crippen LogP contribution is -2.51. The zero-order valence-corrected chi connectivity index (χ0v) is 16.8. The lowest BCUT2D eigenvalue weighted by molar-refractivity contribution is -0.385. The third-order valence-electron chi connectivity index (χ3n) is 4.69. The summed E-state index contributed by atoms with van der Waals surface area (Å²) in [5.41, 5.74) is 1.49. The summed E-state index contributed by atoms with van der Waals surface area (Å²) in [4.78, 5) is 59.2. The monoisotopic (exact) mass is 484 g/mol. The quantitative estimate of drug-likeness (QED) is 0.338. The SMILES string of the molecule is O=C(NN1C(=O)c2cccc3c(Br)c([N+](=O)[O-])cc(c23)C1=O)c1ccc([N+](=O)[O-])cc1. The van der Waals surface area contributed by atoms with Crippen molar-refractivity contribution in [3.8, 4) is 0 Å². The second-order valence-electron chi connectivity index (χ2n) is 6.43. The molecule has 0 fully saturated rings. The van der Waals surface area contributed by atoms with Crippen molar-refractivity contribution in [2.75, 3.05) is 0 Å². The first-order valence-electron chi connectivity index (χ1n) is 8.54. The van der Waals surface area contributed by atoms with E-state index in [1.807, 2.05) is 0 Å². The number of nitrogens with zero attached hydrogens (tertiary/aromatic N) is 3. The van der Waals surface area contributed by atoms with Crippen LogP contribution in [0.4, 0.5) is 11.4 Å². The minimum atomic E-state index is -0.945. The van der Waals surface area contributed by atoms with Gasteiger partial charge in [0.2, 0.25) is 0 Å². The third kappa shape index (κ3) is 3.18. The van der Waals surface area contributed by atoms with Gasteiger partial charge in [0, 0.05) is 34.5 Å². The van der Waals surface area contributed by atoms with Crippen LogP contribution in [-0.2, 0) is 0 Å². The molecule has 4 rings (SSSR count). The molecular weight excluding hydrogens is 476 g/mol. The summed E-state index contributed by atoms with van der Waals surface area (Å²) >= 11 is 3.15. The van der Waals surface area contributed by atoms with E-state index in [0.29, 0.717) is 10.4 Å². The van der Waals surface area contributed by atoms with Crippen molar-refractivity contribution in [1.82, 2.24) is 10.4 Å². The van der Waals surface area contributed by atoms with Crippen LogP contribution in [0, 0.1) is 20.2 Å². The number of carbonyl (C=O) groups is 3. The molecule has 0 bridgehead atoms. The van der Waals surface area contributed by atoms with Gasteiger partial charge in [-0.1, -0.05) is 12.1 Å². The van der Waals surface area contributed by atoms with E-state index in [2.05, 4.69) is 21.4 Å². The highest BCUT2D eigenvalue weighted by Gasteiger charge is 2.37. The number of halogens is 1. The molecule has 0 radical (unpaired) electrons. The molecule has 0 saturated carbocycles. The molecule has 0 unspecified atom stereocenters. The van der Waals surface area contributed by atoms with Crippen LogP contribution in [0.25, 0.3) is 10.8 Å². The van der Waals surface area contributed by atoms with Crippen molar-refractivity contribution in [2.24, 2.45) is 0 Å². The van der Waals surface area contributed by atoms with Crippen molar-refractivity contribution in [3.63, 3.8) is 0 Å². The van der Waals surface area contributed by atoms with Crippen LogP contribution in [0.2, 0.25) is 0 Å². The standard InChI is InChI=1S/C19H9BrN4O7/c20-16-11-2-1-3-12-15(11)13(8-14(16)24(30)31)19(27)22(18(12)26)21-17(25)9-4-6-10(7-5-9)23(28)29/h1-8H,(H,21,25). The molecule has 154 valence electrons. The maximum absolute atomic E-state index is 13.0. The molecule has 11 nitrogen and oxygen atoms in total. The fraction of sp³-hybridized carbons (Fsp3) is 0. The molecule has 3 amide bonds. The molecule has 1 aliphatic heterocycles. The van der Waals surface area contributed by atoms with E-state index in [9.17, 15) is 34.6 Å². The summed E-state index contributed by atoms with van der Waals surface area (Å²) in [6.07, 6.45) is 0. The van der Waals surface area contributed by atoms with Crippen molar-refractivity contribution in [3.05, 3.63) is 89.9 Å². The van der Waals surface area contributed by atoms with Gasteiger partial charge in [0.1, 0.15) is 4.47 Å². The van der Waals surface area contributed by atoms with E-state index in [1.165, 1.54) is 30.3 Å². The zero-order valence-electron chi connectivity index (χ0n) is 15.2. The number of hydrogen-bond acceptors (Lipinski definition) is 7. The Labute approximate surface area is 180 Å². The normalized spacial score (nSPS) is 12.7. The lowest BCUT2D eigenvalue weighted by atomic mass is 9.94. The number of hydrazine groups is 1. The number of imide groups is 1. The number of carbonyl (C=O) groups excluding carboxylic acids is 3. The molecule has 3 aromatic rings. The van der Waals surface area contributed by atoms with Gasteiger partial charge in [-0.2, -0.15) is 5.01 Å². The number of benzene rings is 3. The summed E-state index contributed by atoms with van der Waals surface area (Å²) in [6, 6.07) is 10.0. The molecule has 1 N–H and O–H groups in total. The first-order chi connectivity index (χ1) is 14.7. The number of hydrogen-bond donors (Lipinski definition) is 1. The predicted molar refractivity (Wildman–Crippen MR) is 109 cm³/mol. The van der Waals surface area contributed by atoms with Gasteiger partial charge in [0.05, 0.1) is 21.0 Å². The van der Waals surface area contributed by atoms with E-state index < -0.39 is 27.6 Å². The number of rotatable bonds is 4. The zero-order chi connectivity index (χ0) is 22.4. The first-order valence-corrected chi connectivity index (χ1v) is 9.34.